The Labute approximate surface area is 155 Å². The summed E-state index contributed by atoms with van der Waals surface area (Å²) in [6.07, 6.45) is -1.48. The van der Waals surface area contributed by atoms with Crippen molar-refractivity contribution >= 4 is 5.96 Å². The summed E-state index contributed by atoms with van der Waals surface area (Å²) in [5.74, 6) is 0.433. The van der Waals surface area contributed by atoms with Gasteiger partial charge in [-0.1, -0.05) is 24.3 Å². The zero-order chi connectivity index (χ0) is 19.3. The normalized spacial score (nSPS) is 19.5. The van der Waals surface area contributed by atoms with Crippen LogP contribution in [-0.2, 0) is 6.42 Å². The van der Waals surface area contributed by atoms with Gasteiger partial charge in [0.2, 0.25) is 0 Å². The third kappa shape index (κ3) is 5.60. The monoisotopic (exact) mass is 378 g/mol. The minimum atomic E-state index is -4.70. The number of aliphatic imine (C=N–C) groups is 1. The molecule has 3 rings (SSSR count). The molecule has 27 heavy (non-hydrogen) atoms. The van der Waals surface area contributed by atoms with Gasteiger partial charge in [-0.15, -0.1) is 13.2 Å². The number of hydrogen-bond donors (Lipinski definition) is 2. The van der Waals surface area contributed by atoms with Crippen molar-refractivity contribution in [2.75, 3.05) is 13.6 Å². The summed E-state index contributed by atoms with van der Waals surface area (Å²) >= 11 is 0. The van der Waals surface area contributed by atoms with E-state index in [0.717, 1.165) is 18.5 Å². The highest BCUT2D eigenvalue weighted by Gasteiger charge is 2.42. The fourth-order valence-electron chi connectivity index (χ4n) is 2.93. The van der Waals surface area contributed by atoms with E-state index < -0.39 is 6.36 Å². The Morgan fingerprint density at radius 2 is 2.00 bits per heavy atom. The Balaban J connectivity index is 1.52. The van der Waals surface area contributed by atoms with E-state index in [4.69, 9.17) is 0 Å². The highest BCUT2D eigenvalue weighted by Crippen LogP contribution is 2.45. The minimum absolute atomic E-state index is 0.0176. The molecule has 1 aliphatic carbocycles. The van der Waals surface area contributed by atoms with Gasteiger partial charge in [0.15, 0.2) is 5.96 Å². The Morgan fingerprint density at radius 1 is 1.22 bits per heavy atom. The molecule has 8 heteroatoms. The lowest BCUT2D eigenvalue weighted by atomic mass is 10.1. The maximum absolute atomic E-state index is 12.6. The van der Waals surface area contributed by atoms with Crippen molar-refractivity contribution in [2.45, 2.75) is 31.2 Å². The molecule has 2 atom stereocenters. The molecule has 0 amide bonds. The molecule has 144 valence electrons. The first-order valence-corrected chi connectivity index (χ1v) is 8.68. The van der Waals surface area contributed by atoms with Crippen LogP contribution in [0.2, 0.25) is 0 Å². The van der Waals surface area contributed by atoms with Crippen molar-refractivity contribution < 1.29 is 17.9 Å². The fraction of sp³-hybridized carbons (Fsp3) is 0.368. The Kier molecular flexibility index (Phi) is 5.83. The van der Waals surface area contributed by atoms with E-state index in [1.165, 1.54) is 12.1 Å². The molecule has 1 fully saturated rings. The second kappa shape index (κ2) is 8.28. The molecule has 2 aromatic rings. The fourth-order valence-corrected chi connectivity index (χ4v) is 2.93. The number of nitrogens with zero attached hydrogens (tertiary/aromatic N) is 2. The van der Waals surface area contributed by atoms with E-state index in [1.807, 2.05) is 18.2 Å². The summed E-state index contributed by atoms with van der Waals surface area (Å²) in [6, 6.07) is 12.0. The van der Waals surface area contributed by atoms with Crippen LogP contribution in [0.15, 0.2) is 53.7 Å². The SMILES string of the molecule is CN=C(NCCc1ccccn1)NC1CC1c1ccccc1OC(F)(F)F. The number of aromatic nitrogens is 1. The molecule has 1 aliphatic rings. The lowest BCUT2D eigenvalue weighted by Gasteiger charge is -2.14. The highest BCUT2D eigenvalue weighted by atomic mass is 19.4. The molecule has 5 nitrogen and oxygen atoms in total. The molecule has 1 heterocycles. The second-order valence-corrected chi connectivity index (χ2v) is 6.25. The van der Waals surface area contributed by atoms with Gasteiger partial charge in [0.05, 0.1) is 0 Å². The smallest absolute Gasteiger partial charge is 0.405 e. The van der Waals surface area contributed by atoms with Crippen LogP contribution in [0.3, 0.4) is 0 Å². The predicted molar refractivity (Wildman–Crippen MR) is 96.7 cm³/mol. The molecule has 2 N–H and O–H groups in total. The summed E-state index contributed by atoms with van der Waals surface area (Å²) < 4.78 is 41.9. The van der Waals surface area contributed by atoms with E-state index in [-0.39, 0.29) is 17.7 Å². The topological polar surface area (TPSA) is 58.5 Å². The molecule has 1 saturated carbocycles. The van der Waals surface area contributed by atoms with Crippen LogP contribution in [0.4, 0.5) is 13.2 Å². The summed E-state index contributed by atoms with van der Waals surface area (Å²) in [4.78, 5) is 8.43. The molecule has 2 unspecified atom stereocenters. The number of para-hydroxylation sites is 1. The largest absolute Gasteiger partial charge is 0.573 e. The number of ether oxygens (including phenoxy) is 1. The van der Waals surface area contributed by atoms with Gasteiger partial charge in [0.25, 0.3) is 0 Å². The lowest BCUT2D eigenvalue weighted by molar-refractivity contribution is -0.274. The molecular formula is C19H21F3N4O. The molecular weight excluding hydrogens is 357 g/mol. The summed E-state index contributed by atoms with van der Waals surface area (Å²) in [7, 11) is 1.66. The number of hydrogen-bond acceptors (Lipinski definition) is 3. The van der Waals surface area contributed by atoms with Gasteiger partial charge in [-0.25, -0.2) is 0 Å². The number of rotatable bonds is 6. The Morgan fingerprint density at radius 3 is 2.70 bits per heavy atom. The first kappa shape index (κ1) is 19.0. The third-order valence-electron chi connectivity index (χ3n) is 4.28. The van der Waals surface area contributed by atoms with Crippen LogP contribution in [0, 0.1) is 0 Å². The number of halogens is 3. The van der Waals surface area contributed by atoms with E-state index >= 15 is 0 Å². The van der Waals surface area contributed by atoms with Crippen molar-refractivity contribution in [3.8, 4) is 5.75 Å². The van der Waals surface area contributed by atoms with Crippen molar-refractivity contribution in [3.05, 3.63) is 59.9 Å². The number of benzene rings is 1. The van der Waals surface area contributed by atoms with E-state index in [1.54, 1.807) is 25.4 Å². The van der Waals surface area contributed by atoms with Crippen molar-refractivity contribution in [2.24, 2.45) is 4.99 Å². The van der Waals surface area contributed by atoms with Crippen LogP contribution >= 0.6 is 0 Å². The maximum atomic E-state index is 12.6. The molecule has 0 spiro atoms. The average Bonchev–Trinajstić information content (AvgIpc) is 3.40. The second-order valence-electron chi connectivity index (χ2n) is 6.25. The predicted octanol–water partition coefficient (Wildman–Crippen LogP) is 3.24. The number of alkyl halides is 3. The van der Waals surface area contributed by atoms with Crippen LogP contribution in [0.25, 0.3) is 0 Å². The number of pyridine rings is 1. The van der Waals surface area contributed by atoms with Crippen LogP contribution < -0.4 is 15.4 Å². The molecule has 1 aromatic carbocycles. The standard InChI is InChI=1S/C19H21F3N4O/c1-23-18(25-11-9-13-6-4-5-10-24-13)26-16-12-15(16)14-7-2-3-8-17(14)27-19(20,21)22/h2-8,10,15-16H,9,11-12H2,1H3,(H2,23,25,26). The van der Waals surface area contributed by atoms with Crippen molar-refractivity contribution in [1.29, 1.82) is 0 Å². The third-order valence-corrected chi connectivity index (χ3v) is 4.28. The first-order chi connectivity index (χ1) is 13.0. The number of guanidine groups is 1. The van der Waals surface area contributed by atoms with Crippen molar-refractivity contribution in [3.63, 3.8) is 0 Å². The van der Waals surface area contributed by atoms with Gasteiger partial charge in [0.1, 0.15) is 5.75 Å². The van der Waals surface area contributed by atoms with Crippen LogP contribution in [0.1, 0.15) is 23.6 Å². The van der Waals surface area contributed by atoms with Gasteiger partial charge in [-0.2, -0.15) is 0 Å². The van der Waals surface area contributed by atoms with E-state index in [2.05, 4.69) is 25.3 Å². The zero-order valence-corrected chi connectivity index (χ0v) is 14.8. The van der Waals surface area contributed by atoms with Gasteiger partial charge in [0, 0.05) is 43.9 Å². The Hall–Kier alpha value is -2.77. The molecule has 0 bridgehead atoms. The first-order valence-electron chi connectivity index (χ1n) is 8.68. The van der Waals surface area contributed by atoms with Crippen LogP contribution in [-0.4, -0.2) is 36.9 Å². The van der Waals surface area contributed by atoms with E-state index in [0.29, 0.717) is 18.1 Å². The lowest BCUT2D eigenvalue weighted by Crippen LogP contribution is -2.40. The summed E-state index contributed by atoms with van der Waals surface area (Å²) in [6.45, 7) is 0.655. The van der Waals surface area contributed by atoms with Gasteiger partial charge in [-0.3, -0.25) is 9.98 Å². The molecule has 1 aromatic heterocycles. The molecule has 0 saturated heterocycles. The minimum Gasteiger partial charge on any atom is -0.405 e. The zero-order valence-electron chi connectivity index (χ0n) is 14.8. The highest BCUT2D eigenvalue weighted by molar-refractivity contribution is 5.80. The van der Waals surface area contributed by atoms with Gasteiger partial charge in [-0.05, 0) is 30.2 Å². The quantitative estimate of drug-likeness (QED) is 0.599. The maximum Gasteiger partial charge on any atom is 0.573 e. The van der Waals surface area contributed by atoms with Crippen LogP contribution in [0.5, 0.6) is 5.75 Å². The average molecular weight is 378 g/mol. The molecule has 0 aliphatic heterocycles. The number of nitrogens with one attached hydrogen (secondary N) is 2. The van der Waals surface area contributed by atoms with Gasteiger partial charge >= 0.3 is 6.36 Å². The molecule has 0 radical (unpaired) electrons. The summed E-state index contributed by atoms with van der Waals surface area (Å²) in [5.41, 5.74) is 1.53. The van der Waals surface area contributed by atoms with E-state index in [9.17, 15) is 13.2 Å². The summed E-state index contributed by atoms with van der Waals surface area (Å²) in [5, 5.41) is 6.45. The Bertz CT molecular complexity index is 780. The van der Waals surface area contributed by atoms with Crippen molar-refractivity contribution in [1.82, 2.24) is 15.6 Å². The van der Waals surface area contributed by atoms with Gasteiger partial charge < -0.3 is 15.4 Å².